The van der Waals surface area contributed by atoms with Crippen LogP contribution in [0.4, 0.5) is 0 Å². The molecule has 0 radical (unpaired) electrons. The molecule has 3 N–H and O–H groups in total. The molecule has 17 nitrogen and oxygen atoms in total. The molecule has 0 aliphatic carbocycles. The van der Waals surface area contributed by atoms with Crippen LogP contribution in [-0.2, 0) is 65.4 Å². The molecular weight excluding hydrogens is 1110 g/mol. The molecule has 0 heterocycles. The second kappa shape index (κ2) is 57.5. The Morgan fingerprint density at radius 1 is 0.321 bits per heavy atom. The van der Waals surface area contributed by atoms with Gasteiger partial charge in [0.1, 0.15) is 19.3 Å². The van der Waals surface area contributed by atoms with Crippen LogP contribution in [0.1, 0.15) is 324 Å². The van der Waals surface area contributed by atoms with Crippen LogP contribution < -0.4 is 0 Å². The lowest BCUT2D eigenvalue weighted by Gasteiger charge is -2.21. The van der Waals surface area contributed by atoms with E-state index in [0.717, 1.165) is 108 Å². The van der Waals surface area contributed by atoms with E-state index in [2.05, 4.69) is 41.5 Å². The molecule has 5 atom stereocenters. The summed E-state index contributed by atoms with van der Waals surface area (Å²) in [7, 11) is -9.89. The fraction of sp³-hybridized carbons (Fsp3) is 0.938. The molecule has 0 saturated heterocycles. The Hall–Kier alpha value is -1.94. The zero-order valence-corrected chi connectivity index (χ0v) is 56.0. The first kappa shape index (κ1) is 82.1. The van der Waals surface area contributed by atoms with E-state index in [9.17, 15) is 43.2 Å². The molecular formula is C65H126O17P2. The Morgan fingerprint density at radius 3 is 0.810 bits per heavy atom. The fourth-order valence-corrected chi connectivity index (χ4v) is 11.3. The number of unbranched alkanes of at least 4 members (excludes halogenated alkanes) is 34. The second-order valence-electron chi connectivity index (χ2n) is 24.5. The normalized spacial score (nSPS) is 14.3. The largest absolute Gasteiger partial charge is 0.472 e. The number of rotatable bonds is 64. The summed E-state index contributed by atoms with van der Waals surface area (Å²) in [6, 6.07) is 0. The molecule has 0 amide bonds. The highest BCUT2D eigenvalue weighted by Gasteiger charge is 2.30. The summed E-state index contributed by atoms with van der Waals surface area (Å²) >= 11 is 0. The van der Waals surface area contributed by atoms with Gasteiger partial charge in [-0.05, 0) is 37.5 Å². The topological polar surface area (TPSA) is 237 Å². The maximum atomic E-state index is 13.0. The van der Waals surface area contributed by atoms with Gasteiger partial charge in [-0.2, -0.15) is 0 Å². The minimum Gasteiger partial charge on any atom is -0.462 e. The highest BCUT2D eigenvalue weighted by Crippen LogP contribution is 2.45. The van der Waals surface area contributed by atoms with Crippen LogP contribution in [0.2, 0.25) is 0 Å². The molecule has 0 spiro atoms. The first-order valence-corrected chi connectivity index (χ1v) is 37.0. The maximum absolute atomic E-state index is 13.0. The van der Waals surface area contributed by atoms with E-state index in [0.29, 0.717) is 25.7 Å². The first-order chi connectivity index (χ1) is 40.4. The van der Waals surface area contributed by atoms with Crippen LogP contribution in [0.15, 0.2) is 0 Å². The summed E-state index contributed by atoms with van der Waals surface area (Å²) in [5.74, 6) is -0.642. The molecule has 0 fully saturated rings. The van der Waals surface area contributed by atoms with Crippen molar-refractivity contribution >= 4 is 39.5 Å². The summed E-state index contributed by atoms with van der Waals surface area (Å²) < 4.78 is 68.0. The van der Waals surface area contributed by atoms with Crippen molar-refractivity contribution in [2.45, 2.75) is 342 Å². The predicted octanol–water partition coefficient (Wildman–Crippen LogP) is 18.0. The number of ether oxygens (including phenoxy) is 4. The molecule has 0 bridgehead atoms. The highest BCUT2D eigenvalue weighted by atomic mass is 31.2. The van der Waals surface area contributed by atoms with E-state index in [4.69, 9.17) is 37.0 Å². The zero-order valence-electron chi connectivity index (χ0n) is 54.2. The molecule has 0 aromatic heterocycles. The average Bonchev–Trinajstić information content (AvgIpc) is 3.59. The van der Waals surface area contributed by atoms with Gasteiger partial charge < -0.3 is 33.8 Å². The molecule has 0 aromatic rings. The fourth-order valence-electron chi connectivity index (χ4n) is 9.71. The van der Waals surface area contributed by atoms with Crippen molar-refractivity contribution in [3.05, 3.63) is 0 Å². The van der Waals surface area contributed by atoms with E-state index in [-0.39, 0.29) is 25.7 Å². The quantitative estimate of drug-likeness (QED) is 0.0222. The van der Waals surface area contributed by atoms with Gasteiger partial charge in [0, 0.05) is 25.7 Å². The van der Waals surface area contributed by atoms with Crippen molar-refractivity contribution in [3.63, 3.8) is 0 Å². The van der Waals surface area contributed by atoms with Gasteiger partial charge in [-0.3, -0.25) is 37.3 Å². The molecule has 498 valence electrons. The van der Waals surface area contributed by atoms with Gasteiger partial charge in [-0.25, -0.2) is 9.13 Å². The minimum atomic E-state index is -4.95. The van der Waals surface area contributed by atoms with Crippen LogP contribution in [-0.4, -0.2) is 96.7 Å². The van der Waals surface area contributed by atoms with Gasteiger partial charge in [-0.1, -0.05) is 273 Å². The summed E-state index contributed by atoms with van der Waals surface area (Å²) in [4.78, 5) is 72.2. The van der Waals surface area contributed by atoms with Crippen LogP contribution in [0.3, 0.4) is 0 Å². The van der Waals surface area contributed by atoms with Crippen LogP contribution in [0, 0.1) is 11.8 Å². The van der Waals surface area contributed by atoms with Crippen molar-refractivity contribution < 1.29 is 80.2 Å². The monoisotopic (exact) mass is 1240 g/mol. The number of carbonyl (C=O) groups is 4. The first-order valence-electron chi connectivity index (χ1n) is 34.0. The molecule has 0 aliphatic rings. The SMILES string of the molecule is CCCCCCCCCCCCCC(=O)O[C@H](COC(=O)CCCCCCCCCC)COP(=O)(O)OC[C@H](O)COP(=O)(O)OC[C@@H](COC(=O)CCCCCCCCCCC(C)C)OC(=O)CCCCCCCCCCCCCC(C)C. The lowest BCUT2D eigenvalue weighted by atomic mass is 10.0. The number of aliphatic hydroxyl groups is 1. The van der Waals surface area contributed by atoms with Crippen molar-refractivity contribution in [3.8, 4) is 0 Å². The zero-order chi connectivity index (χ0) is 62.2. The van der Waals surface area contributed by atoms with Gasteiger partial charge in [0.15, 0.2) is 12.2 Å². The van der Waals surface area contributed by atoms with E-state index < -0.39 is 97.5 Å². The van der Waals surface area contributed by atoms with E-state index in [1.54, 1.807) is 0 Å². The van der Waals surface area contributed by atoms with Crippen LogP contribution in [0.5, 0.6) is 0 Å². The van der Waals surface area contributed by atoms with E-state index >= 15 is 0 Å². The summed E-state index contributed by atoms with van der Waals surface area (Å²) in [5, 5.41) is 10.5. The van der Waals surface area contributed by atoms with Crippen molar-refractivity contribution in [1.29, 1.82) is 0 Å². The van der Waals surface area contributed by atoms with Crippen LogP contribution in [0.25, 0.3) is 0 Å². The predicted molar refractivity (Wildman–Crippen MR) is 335 cm³/mol. The van der Waals surface area contributed by atoms with Crippen molar-refractivity contribution in [2.24, 2.45) is 11.8 Å². The van der Waals surface area contributed by atoms with E-state index in [1.807, 2.05) is 0 Å². The molecule has 19 heteroatoms. The third-order valence-electron chi connectivity index (χ3n) is 15.0. The Morgan fingerprint density at radius 2 is 0.548 bits per heavy atom. The number of carbonyl (C=O) groups excluding carboxylic acids is 4. The molecule has 0 aliphatic heterocycles. The minimum absolute atomic E-state index is 0.106. The second-order valence-corrected chi connectivity index (χ2v) is 27.4. The number of phosphoric ester groups is 2. The Kier molecular flexibility index (Phi) is 56.2. The number of hydrogen-bond donors (Lipinski definition) is 3. The van der Waals surface area contributed by atoms with E-state index in [1.165, 1.54) is 135 Å². The van der Waals surface area contributed by atoms with Crippen LogP contribution >= 0.6 is 15.6 Å². The van der Waals surface area contributed by atoms with Crippen molar-refractivity contribution in [2.75, 3.05) is 39.6 Å². The summed E-state index contributed by atoms with van der Waals surface area (Å²) in [6.45, 7) is 9.44. The number of aliphatic hydroxyl groups excluding tert-OH is 1. The number of esters is 4. The molecule has 84 heavy (non-hydrogen) atoms. The molecule has 0 rings (SSSR count). The van der Waals surface area contributed by atoms with Gasteiger partial charge in [0.05, 0.1) is 26.4 Å². The summed E-state index contributed by atoms with van der Waals surface area (Å²) in [5.41, 5.74) is 0. The third-order valence-corrected chi connectivity index (χ3v) is 16.9. The average molecular weight is 1240 g/mol. The Bertz CT molecular complexity index is 1650. The Labute approximate surface area is 511 Å². The maximum Gasteiger partial charge on any atom is 0.472 e. The molecule has 0 aromatic carbocycles. The smallest absolute Gasteiger partial charge is 0.462 e. The summed E-state index contributed by atoms with van der Waals surface area (Å²) in [6.07, 6.45) is 40.3. The number of hydrogen-bond acceptors (Lipinski definition) is 15. The third kappa shape index (κ3) is 59.0. The molecule has 0 saturated carbocycles. The van der Waals surface area contributed by atoms with Gasteiger partial charge >= 0.3 is 39.5 Å². The lowest BCUT2D eigenvalue weighted by Crippen LogP contribution is -2.30. The highest BCUT2D eigenvalue weighted by molar-refractivity contribution is 7.47. The van der Waals surface area contributed by atoms with Gasteiger partial charge in [0.2, 0.25) is 0 Å². The Balaban J connectivity index is 5.23. The van der Waals surface area contributed by atoms with Gasteiger partial charge in [0.25, 0.3) is 0 Å². The standard InChI is InChI=1S/C65H126O17P2/c1-7-9-11-13-15-17-19-23-31-37-43-49-64(69)81-60(53-75-62(67)47-41-35-29-16-14-12-10-8-2)55-79-83(71,72)77-51-59(66)52-78-84(73,74)80-56-61(54-76-63(68)48-42-36-30-26-25-28-34-40-46-58(5)6)82-65(70)50-44-38-32-24-21-18-20-22-27-33-39-45-57(3)4/h57-61,66H,7-56H2,1-6H3,(H,71,72)(H,73,74)/t59-,60+,61+/m0/s1. The number of phosphoric acid groups is 2. The van der Waals surface area contributed by atoms with Crippen molar-refractivity contribution in [1.82, 2.24) is 0 Å². The van der Waals surface area contributed by atoms with Gasteiger partial charge in [-0.15, -0.1) is 0 Å². The molecule has 2 unspecified atom stereocenters. The lowest BCUT2D eigenvalue weighted by molar-refractivity contribution is -0.161.